The average Bonchev–Trinajstić information content (AvgIpc) is 3.51. The molecule has 0 unspecified atom stereocenters. The summed E-state index contributed by atoms with van der Waals surface area (Å²) in [7, 11) is 2.06. The van der Waals surface area contributed by atoms with Crippen LogP contribution in [0.5, 0.6) is 0 Å². The maximum atomic E-state index is 9.89. The van der Waals surface area contributed by atoms with Gasteiger partial charge in [-0.2, -0.15) is 5.26 Å². The van der Waals surface area contributed by atoms with E-state index in [0.717, 1.165) is 44.8 Å². The second-order valence-corrected chi connectivity index (χ2v) is 13.4. The van der Waals surface area contributed by atoms with Gasteiger partial charge in [-0.1, -0.05) is 49.7 Å². The van der Waals surface area contributed by atoms with Crippen LogP contribution in [0.25, 0.3) is 21.8 Å². The lowest BCUT2D eigenvalue weighted by Gasteiger charge is -2.61. The quantitative estimate of drug-likeness (QED) is 0.221. The van der Waals surface area contributed by atoms with Gasteiger partial charge in [-0.05, 0) is 60.4 Å². The minimum absolute atomic E-state index is 0.0215. The van der Waals surface area contributed by atoms with Crippen molar-refractivity contribution in [3.05, 3.63) is 76.8 Å². The standard InChI is InChI=1S/C32H33ClN8/c1-31(2,3)18-36-28-20(15-34)16-35-29-24(28)10-21(11-25(29)33)37-30(23-6-5-7-27-22(23)8-9-40(27)4)26-17-41(39-38-26)32-12-19(13-32)14-32/h5-11,16-17,19,30,37H,12-14,18H2,1-4H3,(H,35,36)/t19?,30-,32?/m0/s1. The van der Waals surface area contributed by atoms with E-state index in [1.54, 1.807) is 6.20 Å². The molecule has 9 heteroatoms. The van der Waals surface area contributed by atoms with Crippen LogP contribution < -0.4 is 10.6 Å². The van der Waals surface area contributed by atoms with Crippen molar-refractivity contribution in [1.29, 1.82) is 5.26 Å². The summed E-state index contributed by atoms with van der Waals surface area (Å²) < 4.78 is 4.22. The van der Waals surface area contributed by atoms with Crippen molar-refractivity contribution >= 4 is 44.8 Å². The van der Waals surface area contributed by atoms with Crippen LogP contribution >= 0.6 is 11.6 Å². The Labute approximate surface area is 244 Å². The molecule has 0 spiro atoms. The first-order valence-electron chi connectivity index (χ1n) is 14.1. The Kier molecular flexibility index (Phi) is 5.81. The van der Waals surface area contributed by atoms with Crippen LogP contribution in [0, 0.1) is 22.7 Å². The molecule has 5 aromatic rings. The van der Waals surface area contributed by atoms with E-state index in [1.807, 2.05) is 12.1 Å². The molecule has 3 aromatic heterocycles. The van der Waals surface area contributed by atoms with Gasteiger partial charge in [0.25, 0.3) is 0 Å². The number of aryl methyl sites for hydroxylation is 1. The fourth-order valence-electron chi connectivity index (χ4n) is 6.38. The summed E-state index contributed by atoms with van der Waals surface area (Å²) in [4.78, 5) is 4.54. The van der Waals surface area contributed by atoms with E-state index < -0.39 is 0 Å². The molecule has 2 aromatic carbocycles. The number of nitriles is 1. The van der Waals surface area contributed by atoms with E-state index in [4.69, 9.17) is 16.7 Å². The highest BCUT2D eigenvalue weighted by Crippen LogP contribution is 2.62. The van der Waals surface area contributed by atoms with Crippen molar-refractivity contribution in [2.24, 2.45) is 18.4 Å². The highest BCUT2D eigenvalue weighted by atomic mass is 35.5. The molecule has 3 fully saturated rings. The lowest BCUT2D eigenvalue weighted by atomic mass is 9.50. The first-order valence-corrected chi connectivity index (χ1v) is 14.5. The van der Waals surface area contributed by atoms with Crippen LogP contribution in [0.4, 0.5) is 11.4 Å². The molecule has 1 atom stereocenters. The van der Waals surface area contributed by atoms with Crippen molar-refractivity contribution < 1.29 is 0 Å². The molecule has 208 valence electrons. The van der Waals surface area contributed by atoms with Crippen molar-refractivity contribution in [3.63, 3.8) is 0 Å². The number of aromatic nitrogens is 5. The summed E-state index contributed by atoms with van der Waals surface area (Å²) in [6, 6.07) is 14.5. The molecule has 3 aliphatic carbocycles. The van der Waals surface area contributed by atoms with Gasteiger partial charge in [-0.25, -0.2) is 4.68 Å². The van der Waals surface area contributed by atoms with Gasteiger partial charge in [-0.3, -0.25) is 4.98 Å². The minimum Gasteiger partial charge on any atom is -0.383 e. The summed E-state index contributed by atoms with van der Waals surface area (Å²) in [6.45, 7) is 7.17. The van der Waals surface area contributed by atoms with Gasteiger partial charge in [0.15, 0.2) is 0 Å². The number of pyridine rings is 1. The van der Waals surface area contributed by atoms with Crippen LogP contribution in [-0.4, -0.2) is 31.1 Å². The van der Waals surface area contributed by atoms with Crippen LogP contribution in [0.15, 0.2) is 55.0 Å². The average molecular weight is 565 g/mol. The van der Waals surface area contributed by atoms with Gasteiger partial charge in [0.1, 0.15) is 11.8 Å². The van der Waals surface area contributed by atoms with Gasteiger partial charge < -0.3 is 15.2 Å². The molecule has 0 radical (unpaired) electrons. The molecule has 8 rings (SSSR count). The Morgan fingerprint density at radius 2 is 1.98 bits per heavy atom. The normalized spacial score (nSPS) is 20.3. The van der Waals surface area contributed by atoms with Crippen molar-refractivity contribution in [1.82, 2.24) is 24.5 Å². The maximum absolute atomic E-state index is 9.89. The Morgan fingerprint density at radius 1 is 1.17 bits per heavy atom. The molecule has 3 saturated carbocycles. The monoisotopic (exact) mass is 564 g/mol. The molecule has 3 heterocycles. The van der Waals surface area contributed by atoms with E-state index in [0.29, 0.717) is 22.6 Å². The lowest BCUT2D eigenvalue weighted by Crippen LogP contribution is -2.59. The minimum atomic E-state index is -0.270. The van der Waals surface area contributed by atoms with E-state index in [9.17, 15) is 5.26 Å². The molecule has 3 aliphatic rings. The lowest BCUT2D eigenvalue weighted by molar-refractivity contribution is -0.0989. The molecule has 8 nitrogen and oxygen atoms in total. The zero-order valence-corrected chi connectivity index (χ0v) is 24.5. The van der Waals surface area contributed by atoms with E-state index >= 15 is 0 Å². The zero-order valence-electron chi connectivity index (χ0n) is 23.7. The van der Waals surface area contributed by atoms with E-state index in [2.05, 4.69) is 101 Å². The van der Waals surface area contributed by atoms with Crippen LogP contribution in [-0.2, 0) is 12.6 Å². The van der Waals surface area contributed by atoms with Crippen molar-refractivity contribution in [3.8, 4) is 6.07 Å². The number of hydrogen-bond donors (Lipinski definition) is 2. The number of benzene rings is 2. The molecule has 2 bridgehead atoms. The summed E-state index contributed by atoms with van der Waals surface area (Å²) in [5.74, 6) is 0.849. The second-order valence-electron chi connectivity index (χ2n) is 13.0. The molecular formula is C32H33ClN8. The largest absolute Gasteiger partial charge is 0.383 e. The molecule has 0 amide bonds. The SMILES string of the molecule is Cn1ccc2c([C@H](Nc3cc(Cl)c4ncc(C#N)c(NCC(C)(C)C)c4c3)c3cn(C45CC(C4)C5)nn3)cccc21. The first-order chi connectivity index (χ1) is 19.6. The number of rotatable bonds is 7. The fraction of sp³-hybridized carbons (Fsp3) is 0.375. The molecule has 0 saturated heterocycles. The highest BCUT2D eigenvalue weighted by Gasteiger charge is 2.58. The highest BCUT2D eigenvalue weighted by molar-refractivity contribution is 6.35. The van der Waals surface area contributed by atoms with Gasteiger partial charge >= 0.3 is 0 Å². The summed E-state index contributed by atoms with van der Waals surface area (Å²) in [5, 5.41) is 28.9. The number of nitrogens with zero attached hydrogens (tertiary/aromatic N) is 6. The van der Waals surface area contributed by atoms with Crippen LogP contribution in [0.1, 0.15) is 62.9 Å². The number of hydrogen-bond acceptors (Lipinski definition) is 6. The maximum Gasteiger partial charge on any atom is 0.110 e. The Bertz CT molecular complexity index is 1840. The molecule has 41 heavy (non-hydrogen) atoms. The number of anilines is 2. The molecular weight excluding hydrogens is 532 g/mol. The van der Waals surface area contributed by atoms with Crippen LogP contribution in [0.3, 0.4) is 0 Å². The van der Waals surface area contributed by atoms with E-state index in [-0.39, 0.29) is 17.0 Å². The Hall–Kier alpha value is -4.09. The predicted octanol–water partition coefficient (Wildman–Crippen LogP) is 7.01. The number of halogens is 1. The predicted molar refractivity (Wildman–Crippen MR) is 163 cm³/mol. The zero-order chi connectivity index (χ0) is 28.5. The molecule has 0 aliphatic heterocycles. The Morgan fingerprint density at radius 3 is 2.68 bits per heavy atom. The van der Waals surface area contributed by atoms with Gasteiger partial charge in [-0.15, -0.1) is 5.10 Å². The Balaban J connectivity index is 1.34. The summed E-state index contributed by atoms with van der Waals surface area (Å²) >= 11 is 6.84. The third-order valence-electron chi connectivity index (χ3n) is 8.72. The molecule has 2 N–H and O–H groups in total. The first kappa shape index (κ1) is 25.8. The van der Waals surface area contributed by atoms with Crippen LogP contribution in [0.2, 0.25) is 5.02 Å². The number of nitrogens with one attached hydrogen (secondary N) is 2. The van der Waals surface area contributed by atoms with Gasteiger partial charge in [0.2, 0.25) is 0 Å². The van der Waals surface area contributed by atoms with Crippen molar-refractivity contribution in [2.45, 2.75) is 51.6 Å². The fourth-order valence-corrected chi connectivity index (χ4v) is 6.65. The third-order valence-corrected chi connectivity index (χ3v) is 9.01. The topological polar surface area (TPSA) is 96.4 Å². The second kappa shape index (κ2) is 9.22. The van der Waals surface area contributed by atoms with Gasteiger partial charge in [0.05, 0.1) is 39.6 Å². The number of fused-ring (bicyclic) bond motifs is 2. The van der Waals surface area contributed by atoms with E-state index in [1.165, 1.54) is 19.3 Å². The summed E-state index contributed by atoms with van der Waals surface area (Å²) in [5.41, 5.74) is 5.99. The smallest absolute Gasteiger partial charge is 0.110 e. The van der Waals surface area contributed by atoms with Gasteiger partial charge in [0, 0.05) is 48.0 Å². The summed E-state index contributed by atoms with van der Waals surface area (Å²) in [6.07, 6.45) is 9.37. The van der Waals surface area contributed by atoms with Crippen molar-refractivity contribution in [2.75, 3.05) is 17.2 Å². The third kappa shape index (κ3) is 4.31.